The molecule has 0 N–H and O–H groups in total. The van der Waals surface area contributed by atoms with Crippen molar-refractivity contribution in [2.24, 2.45) is 0 Å². The van der Waals surface area contributed by atoms with Gasteiger partial charge in [-0.2, -0.15) is 0 Å². The fraction of sp³-hybridized carbons (Fsp3) is 0.667. The van der Waals surface area contributed by atoms with E-state index in [0.717, 1.165) is 12.7 Å². The van der Waals surface area contributed by atoms with Crippen LogP contribution in [0.4, 0.5) is 0 Å². The van der Waals surface area contributed by atoms with Crippen LogP contribution in [0.25, 0.3) is 0 Å². The highest BCUT2D eigenvalue weighted by molar-refractivity contribution is 5.65. The first kappa shape index (κ1) is 9.41. The Morgan fingerprint density at radius 2 is 2.10 bits per heavy atom. The molecule has 0 aromatic carbocycles. The van der Waals surface area contributed by atoms with Crippen molar-refractivity contribution in [2.75, 3.05) is 0 Å². The molecule has 0 fully saturated rings. The van der Waals surface area contributed by atoms with Crippen molar-refractivity contribution in [2.45, 2.75) is 39.5 Å². The largest absolute Gasteiger partial charge is 0.299 e. The van der Waals surface area contributed by atoms with Crippen LogP contribution in [-0.4, -0.2) is 6.29 Å². The molecule has 0 aliphatic rings. The summed E-state index contributed by atoms with van der Waals surface area (Å²) in [7, 11) is 0. The van der Waals surface area contributed by atoms with Gasteiger partial charge in [-0.3, -0.25) is 4.79 Å². The number of carbonyl (C=O) groups is 1. The predicted octanol–water partition coefficient (Wildman–Crippen LogP) is 2.71. The van der Waals surface area contributed by atoms with E-state index < -0.39 is 0 Å². The number of aldehydes is 1. The number of hydrogen-bond acceptors (Lipinski definition) is 1. The van der Waals surface area contributed by atoms with Crippen LogP contribution in [0.15, 0.2) is 11.6 Å². The third kappa shape index (κ3) is 5.54. The monoisotopic (exact) mass is 140 g/mol. The van der Waals surface area contributed by atoms with E-state index in [2.05, 4.69) is 6.92 Å². The van der Waals surface area contributed by atoms with Gasteiger partial charge in [-0.1, -0.05) is 25.3 Å². The van der Waals surface area contributed by atoms with Crippen LogP contribution in [0.1, 0.15) is 39.5 Å². The van der Waals surface area contributed by atoms with E-state index in [4.69, 9.17) is 0 Å². The van der Waals surface area contributed by atoms with Crippen molar-refractivity contribution in [3.8, 4) is 0 Å². The summed E-state index contributed by atoms with van der Waals surface area (Å²) in [5.74, 6) is 0. The molecular weight excluding hydrogens is 124 g/mol. The van der Waals surface area contributed by atoms with Gasteiger partial charge >= 0.3 is 0 Å². The van der Waals surface area contributed by atoms with Gasteiger partial charge in [-0.05, 0) is 25.8 Å². The lowest BCUT2D eigenvalue weighted by atomic mass is 10.1. The molecule has 0 bridgehead atoms. The first-order valence-electron chi connectivity index (χ1n) is 3.92. The van der Waals surface area contributed by atoms with Crippen LogP contribution in [0.5, 0.6) is 0 Å². The normalized spacial score (nSPS) is 11.6. The lowest BCUT2D eigenvalue weighted by Gasteiger charge is -1.96. The second kappa shape index (κ2) is 6.53. The zero-order chi connectivity index (χ0) is 7.82. The van der Waals surface area contributed by atoms with Crippen LogP contribution < -0.4 is 0 Å². The molecule has 0 aliphatic carbocycles. The minimum atomic E-state index is 0.862. The maximum Gasteiger partial charge on any atom is 0.142 e. The summed E-state index contributed by atoms with van der Waals surface area (Å²) in [6.45, 7) is 4.18. The second-order valence-electron chi connectivity index (χ2n) is 2.61. The van der Waals surface area contributed by atoms with Gasteiger partial charge in [-0.25, -0.2) is 0 Å². The average molecular weight is 140 g/mol. The Bertz CT molecular complexity index is 114. The summed E-state index contributed by atoms with van der Waals surface area (Å²) in [4.78, 5) is 9.97. The van der Waals surface area contributed by atoms with Crippen molar-refractivity contribution >= 4 is 6.29 Å². The lowest BCUT2D eigenvalue weighted by Crippen LogP contribution is -1.78. The smallest absolute Gasteiger partial charge is 0.142 e. The Morgan fingerprint density at radius 1 is 1.40 bits per heavy atom. The van der Waals surface area contributed by atoms with E-state index in [9.17, 15) is 4.79 Å². The molecule has 0 radical (unpaired) electrons. The first-order chi connectivity index (χ1) is 4.81. The van der Waals surface area contributed by atoms with Crippen LogP contribution in [0.3, 0.4) is 0 Å². The third-order valence-electron chi connectivity index (χ3n) is 1.53. The number of carbonyl (C=O) groups excluding carboxylic acids is 1. The Hall–Kier alpha value is -0.590. The topological polar surface area (TPSA) is 17.1 Å². The van der Waals surface area contributed by atoms with E-state index in [1.54, 1.807) is 6.08 Å². The maximum atomic E-state index is 9.97. The molecule has 0 unspecified atom stereocenters. The van der Waals surface area contributed by atoms with Crippen molar-refractivity contribution < 1.29 is 4.79 Å². The van der Waals surface area contributed by atoms with Crippen LogP contribution in [0, 0.1) is 0 Å². The maximum absolute atomic E-state index is 9.97. The summed E-state index contributed by atoms with van der Waals surface area (Å²) < 4.78 is 0. The molecule has 0 aliphatic heterocycles. The SMILES string of the molecule is CCCCC/C(C)=C\C=O. The van der Waals surface area contributed by atoms with Gasteiger partial charge in [0.2, 0.25) is 0 Å². The summed E-state index contributed by atoms with van der Waals surface area (Å²) in [6, 6.07) is 0. The predicted molar refractivity (Wildman–Crippen MR) is 44.0 cm³/mol. The van der Waals surface area contributed by atoms with Gasteiger partial charge in [0.25, 0.3) is 0 Å². The highest BCUT2D eigenvalue weighted by Gasteiger charge is 1.88. The minimum Gasteiger partial charge on any atom is -0.299 e. The number of rotatable bonds is 5. The lowest BCUT2D eigenvalue weighted by molar-refractivity contribution is -0.104. The second-order valence-corrected chi connectivity index (χ2v) is 2.61. The average Bonchev–Trinajstić information content (AvgIpc) is 1.89. The fourth-order valence-corrected chi connectivity index (χ4v) is 0.853. The van der Waals surface area contributed by atoms with Gasteiger partial charge in [0.15, 0.2) is 0 Å². The quantitative estimate of drug-likeness (QED) is 0.326. The molecular formula is C9H16O. The molecule has 0 rings (SSSR count). The Labute approximate surface area is 63.1 Å². The number of unbranched alkanes of at least 4 members (excludes halogenated alkanes) is 2. The van der Waals surface area contributed by atoms with Crippen molar-refractivity contribution in [3.05, 3.63) is 11.6 Å². The highest BCUT2D eigenvalue weighted by Crippen LogP contribution is 2.06. The van der Waals surface area contributed by atoms with E-state index in [1.165, 1.54) is 24.8 Å². The van der Waals surface area contributed by atoms with Crippen molar-refractivity contribution in [3.63, 3.8) is 0 Å². The van der Waals surface area contributed by atoms with Gasteiger partial charge in [0.05, 0.1) is 0 Å². The molecule has 0 atom stereocenters. The third-order valence-corrected chi connectivity index (χ3v) is 1.53. The zero-order valence-electron chi connectivity index (χ0n) is 6.89. The molecule has 0 aromatic heterocycles. The van der Waals surface area contributed by atoms with E-state index in [1.807, 2.05) is 6.92 Å². The molecule has 1 nitrogen and oxygen atoms in total. The molecule has 0 aromatic rings. The summed E-state index contributed by atoms with van der Waals surface area (Å²) in [6.07, 6.45) is 7.31. The van der Waals surface area contributed by atoms with Crippen LogP contribution >= 0.6 is 0 Å². The van der Waals surface area contributed by atoms with Crippen molar-refractivity contribution in [1.82, 2.24) is 0 Å². The molecule has 58 valence electrons. The van der Waals surface area contributed by atoms with Gasteiger partial charge in [0, 0.05) is 0 Å². The molecule has 10 heavy (non-hydrogen) atoms. The van der Waals surface area contributed by atoms with E-state index >= 15 is 0 Å². The summed E-state index contributed by atoms with van der Waals surface area (Å²) in [5.41, 5.74) is 1.20. The van der Waals surface area contributed by atoms with Gasteiger partial charge in [0.1, 0.15) is 6.29 Å². The Morgan fingerprint density at radius 3 is 2.60 bits per heavy atom. The summed E-state index contributed by atoms with van der Waals surface area (Å²) >= 11 is 0. The van der Waals surface area contributed by atoms with Crippen LogP contribution in [0.2, 0.25) is 0 Å². The molecule has 0 spiro atoms. The van der Waals surface area contributed by atoms with Crippen molar-refractivity contribution in [1.29, 1.82) is 0 Å². The Kier molecular flexibility index (Phi) is 6.14. The molecule has 1 heteroatoms. The minimum absolute atomic E-state index is 0.862. The molecule has 0 amide bonds. The fourth-order valence-electron chi connectivity index (χ4n) is 0.853. The molecule has 0 saturated heterocycles. The zero-order valence-corrected chi connectivity index (χ0v) is 6.89. The standard InChI is InChI=1S/C9H16O/c1-3-4-5-6-9(2)7-8-10/h7-8H,3-6H2,1-2H3/b9-7-. The van der Waals surface area contributed by atoms with Crippen LogP contribution in [-0.2, 0) is 4.79 Å². The van der Waals surface area contributed by atoms with E-state index in [-0.39, 0.29) is 0 Å². The van der Waals surface area contributed by atoms with E-state index in [0.29, 0.717) is 0 Å². The highest BCUT2D eigenvalue weighted by atomic mass is 16.1. The van der Waals surface area contributed by atoms with Gasteiger partial charge < -0.3 is 0 Å². The molecule has 0 heterocycles. The molecule has 0 saturated carbocycles. The summed E-state index contributed by atoms with van der Waals surface area (Å²) in [5, 5.41) is 0. The Balaban J connectivity index is 3.29. The first-order valence-corrected chi connectivity index (χ1v) is 3.92. The number of allylic oxidation sites excluding steroid dienone is 2. The van der Waals surface area contributed by atoms with Gasteiger partial charge in [-0.15, -0.1) is 0 Å². The number of hydrogen-bond donors (Lipinski definition) is 0.